The van der Waals surface area contributed by atoms with E-state index < -0.39 is 12.3 Å². The maximum atomic E-state index is 13.1. The lowest BCUT2D eigenvalue weighted by Crippen LogP contribution is -2.17. The van der Waals surface area contributed by atoms with Crippen LogP contribution in [0.2, 0.25) is 5.02 Å². The lowest BCUT2D eigenvalue weighted by atomic mass is 10.0. The molecule has 3 aromatic carbocycles. The predicted molar refractivity (Wildman–Crippen MR) is 158 cm³/mol. The summed E-state index contributed by atoms with van der Waals surface area (Å²) in [6, 6.07) is 14.6. The Balaban J connectivity index is 0.00000248. The molecule has 0 amide bonds. The zero-order chi connectivity index (χ0) is 31.7. The molecule has 43 heavy (non-hydrogen) atoms. The molecule has 4 rings (SSSR count). The van der Waals surface area contributed by atoms with Crippen LogP contribution in [0.1, 0.15) is 36.2 Å². The second-order valence-corrected chi connectivity index (χ2v) is 9.36. The number of methoxy groups -OCH3 is 2. The second-order valence-electron chi connectivity index (χ2n) is 8.95. The van der Waals surface area contributed by atoms with Gasteiger partial charge in [-0.25, -0.2) is 4.79 Å². The van der Waals surface area contributed by atoms with Crippen LogP contribution in [0, 0.1) is 6.92 Å². The molecule has 1 aromatic heterocycles. The van der Waals surface area contributed by atoms with Gasteiger partial charge >= 0.3 is 12.3 Å². The molecule has 0 fully saturated rings. The summed E-state index contributed by atoms with van der Waals surface area (Å²) in [5, 5.41) is 1.15. The Labute approximate surface area is 253 Å². The van der Waals surface area contributed by atoms with Gasteiger partial charge in [0.15, 0.2) is 12.4 Å². The van der Waals surface area contributed by atoms with Crippen LogP contribution in [-0.4, -0.2) is 44.8 Å². The van der Waals surface area contributed by atoms with Crippen LogP contribution in [-0.2, 0) is 22.5 Å². The van der Waals surface area contributed by atoms with E-state index in [2.05, 4.69) is 15.0 Å². The van der Waals surface area contributed by atoms with Gasteiger partial charge in [-0.2, -0.15) is 5.48 Å². The fourth-order valence-corrected chi connectivity index (χ4v) is 4.67. The summed E-state index contributed by atoms with van der Waals surface area (Å²) in [5.74, 6) is 0.645. The van der Waals surface area contributed by atoms with Gasteiger partial charge in [-0.1, -0.05) is 31.5 Å². The number of hydrogen-bond donors (Lipinski definition) is 1. The van der Waals surface area contributed by atoms with Crippen molar-refractivity contribution < 1.29 is 41.8 Å². The van der Waals surface area contributed by atoms with Gasteiger partial charge in [0.25, 0.3) is 0 Å². The molecule has 12 heteroatoms. The SMILES string of the molecule is CC.CNOc1cc(OC)ccc1Cc1c(C)n(Cc2cc(OCC(=O)OC)ccc2Cl)c2cc(OC(F)(F)F)ccc12. The number of carbonyl (C=O) groups is 1. The summed E-state index contributed by atoms with van der Waals surface area (Å²) < 4.78 is 60.7. The van der Waals surface area contributed by atoms with Crippen LogP contribution < -0.4 is 24.5 Å². The highest BCUT2D eigenvalue weighted by Gasteiger charge is 2.31. The maximum absolute atomic E-state index is 13.1. The van der Waals surface area contributed by atoms with Gasteiger partial charge in [0.2, 0.25) is 0 Å². The molecular formula is C31H34ClF3N2O6. The van der Waals surface area contributed by atoms with E-state index in [1.807, 2.05) is 31.4 Å². The van der Waals surface area contributed by atoms with Crippen molar-refractivity contribution in [1.29, 1.82) is 0 Å². The third-order valence-corrected chi connectivity index (χ3v) is 6.81. The number of benzene rings is 3. The van der Waals surface area contributed by atoms with Gasteiger partial charge in [-0.15, -0.1) is 13.2 Å². The molecule has 0 aliphatic rings. The summed E-state index contributed by atoms with van der Waals surface area (Å²) in [7, 11) is 4.44. The molecule has 0 spiro atoms. The summed E-state index contributed by atoms with van der Waals surface area (Å²) in [6.07, 6.45) is -4.44. The molecule has 4 aromatic rings. The Morgan fingerprint density at radius 2 is 1.65 bits per heavy atom. The maximum Gasteiger partial charge on any atom is 0.573 e. The third kappa shape index (κ3) is 8.48. The molecule has 0 radical (unpaired) electrons. The largest absolute Gasteiger partial charge is 0.573 e. The number of ether oxygens (including phenoxy) is 4. The predicted octanol–water partition coefficient (Wildman–Crippen LogP) is 7.24. The zero-order valence-corrected chi connectivity index (χ0v) is 25.5. The fraction of sp³-hybridized carbons (Fsp3) is 0.323. The lowest BCUT2D eigenvalue weighted by molar-refractivity contribution is -0.274. The Kier molecular flexibility index (Phi) is 11.6. The van der Waals surface area contributed by atoms with Crippen molar-refractivity contribution in [2.45, 2.75) is 40.1 Å². The molecule has 1 heterocycles. The summed E-state index contributed by atoms with van der Waals surface area (Å²) >= 11 is 6.51. The zero-order valence-electron chi connectivity index (χ0n) is 24.7. The molecule has 0 aliphatic carbocycles. The molecule has 0 saturated heterocycles. The van der Waals surface area contributed by atoms with Gasteiger partial charge in [-0.3, -0.25) is 0 Å². The summed E-state index contributed by atoms with van der Waals surface area (Å²) in [5.41, 5.74) is 6.32. The van der Waals surface area contributed by atoms with Crippen LogP contribution in [0.15, 0.2) is 54.6 Å². The highest BCUT2D eigenvalue weighted by atomic mass is 35.5. The monoisotopic (exact) mass is 622 g/mol. The topological polar surface area (TPSA) is 80.2 Å². The first-order chi connectivity index (χ1) is 20.5. The first kappa shape index (κ1) is 33.4. The molecule has 1 N–H and O–H groups in total. The van der Waals surface area contributed by atoms with Crippen LogP contribution in [0.4, 0.5) is 13.2 Å². The van der Waals surface area contributed by atoms with Gasteiger partial charge in [0, 0.05) is 53.8 Å². The molecule has 0 saturated carbocycles. The van der Waals surface area contributed by atoms with Gasteiger partial charge in [0.05, 0.1) is 19.7 Å². The second kappa shape index (κ2) is 14.9. The number of carbonyl (C=O) groups excluding carboxylic acids is 1. The van der Waals surface area contributed by atoms with Crippen LogP contribution in [0.3, 0.4) is 0 Å². The number of nitrogens with one attached hydrogen (secondary N) is 1. The Hall–Kier alpha value is -4.09. The minimum absolute atomic E-state index is 0.203. The number of hydroxylamine groups is 1. The Bertz CT molecular complexity index is 1560. The summed E-state index contributed by atoms with van der Waals surface area (Å²) in [4.78, 5) is 17.1. The number of alkyl halides is 3. The van der Waals surface area contributed by atoms with E-state index in [0.717, 1.165) is 22.2 Å². The average Bonchev–Trinajstić information content (AvgIpc) is 3.23. The Morgan fingerprint density at radius 1 is 0.953 bits per heavy atom. The van der Waals surface area contributed by atoms with E-state index >= 15 is 0 Å². The molecule has 0 unspecified atom stereocenters. The number of nitrogens with zero attached hydrogens (tertiary/aromatic N) is 1. The average molecular weight is 623 g/mol. The van der Waals surface area contributed by atoms with Crippen LogP contribution >= 0.6 is 11.6 Å². The van der Waals surface area contributed by atoms with Crippen LogP contribution in [0.5, 0.6) is 23.0 Å². The highest BCUT2D eigenvalue weighted by Crippen LogP contribution is 2.36. The minimum Gasteiger partial charge on any atom is -0.497 e. The van der Waals surface area contributed by atoms with E-state index in [1.54, 1.807) is 50.6 Å². The van der Waals surface area contributed by atoms with E-state index in [1.165, 1.54) is 19.2 Å². The number of hydrogen-bond acceptors (Lipinski definition) is 7. The van der Waals surface area contributed by atoms with Crippen molar-refractivity contribution in [2.75, 3.05) is 27.9 Å². The van der Waals surface area contributed by atoms with Gasteiger partial charge < -0.3 is 28.4 Å². The minimum atomic E-state index is -4.85. The van der Waals surface area contributed by atoms with Crippen molar-refractivity contribution >= 4 is 28.5 Å². The molecule has 232 valence electrons. The third-order valence-electron chi connectivity index (χ3n) is 6.44. The van der Waals surface area contributed by atoms with E-state index in [4.69, 9.17) is 25.9 Å². The van der Waals surface area contributed by atoms with Crippen LogP contribution in [0.25, 0.3) is 10.9 Å². The molecular weight excluding hydrogens is 589 g/mol. The van der Waals surface area contributed by atoms with Gasteiger partial charge in [-0.05, 0) is 54.4 Å². The first-order valence-electron chi connectivity index (χ1n) is 13.4. The lowest BCUT2D eigenvalue weighted by Gasteiger charge is -2.14. The van der Waals surface area contributed by atoms with Crippen molar-refractivity contribution in [3.8, 4) is 23.0 Å². The Morgan fingerprint density at radius 3 is 2.30 bits per heavy atom. The fourth-order valence-electron chi connectivity index (χ4n) is 4.49. The van der Waals surface area contributed by atoms with E-state index in [-0.39, 0.29) is 18.9 Å². The molecule has 0 bridgehead atoms. The summed E-state index contributed by atoms with van der Waals surface area (Å²) in [6.45, 7) is 5.80. The van der Waals surface area contributed by atoms with Crippen molar-refractivity contribution in [3.05, 3.63) is 82.0 Å². The standard InChI is InChI=1S/C29H28ClF3N2O6.C2H6/c1-17-24(12-18-5-6-20(37-3)14-27(18)41-34-2)23-9-7-22(40-29(31,32)33)13-26(23)35(17)15-19-11-21(8-10-25(19)30)39-16-28(36)38-4;1-2/h5-11,13-14,34H,12,15-16H2,1-4H3;1-2H3. The first-order valence-corrected chi connectivity index (χ1v) is 13.8. The van der Waals surface area contributed by atoms with E-state index in [9.17, 15) is 18.0 Å². The van der Waals surface area contributed by atoms with Crippen molar-refractivity contribution in [2.24, 2.45) is 0 Å². The molecule has 0 aliphatic heterocycles. The van der Waals surface area contributed by atoms with Crippen molar-refractivity contribution in [1.82, 2.24) is 10.0 Å². The number of fused-ring (bicyclic) bond motifs is 1. The number of esters is 1. The normalized spacial score (nSPS) is 11.0. The van der Waals surface area contributed by atoms with Gasteiger partial charge in [0.1, 0.15) is 17.2 Å². The number of rotatable bonds is 11. The highest BCUT2D eigenvalue weighted by molar-refractivity contribution is 6.31. The van der Waals surface area contributed by atoms with E-state index in [0.29, 0.717) is 39.8 Å². The smallest absolute Gasteiger partial charge is 0.497 e. The molecule has 0 atom stereocenters. The number of halogens is 4. The quantitative estimate of drug-likeness (QED) is 0.139. The molecule has 8 nitrogen and oxygen atoms in total. The number of aromatic nitrogens is 1. The van der Waals surface area contributed by atoms with Crippen molar-refractivity contribution in [3.63, 3.8) is 0 Å².